The van der Waals surface area contributed by atoms with Crippen LogP contribution in [-0.2, 0) is 9.47 Å². The van der Waals surface area contributed by atoms with E-state index in [1.54, 1.807) is 13.8 Å². The summed E-state index contributed by atoms with van der Waals surface area (Å²) in [5.41, 5.74) is 0.406. The number of hydrogen-bond acceptors (Lipinski definition) is 8. The maximum Gasteiger partial charge on any atom is 0.360 e. The first-order valence-electron chi connectivity index (χ1n) is 6.11. The first-order chi connectivity index (χ1) is 10.4. The summed E-state index contributed by atoms with van der Waals surface area (Å²) in [4.78, 5) is 23.2. The summed E-state index contributed by atoms with van der Waals surface area (Å²) in [5, 5.41) is 17.6. The Morgan fingerprint density at radius 2 is 2.09 bits per heavy atom. The van der Waals surface area contributed by atoms with Crippen LogP contribution < -0.4 is 0 Å². The smallest absolute Gasteiger partial charge is 0.360 e. The molecule has 0 amide bonds. The van der Waals surface area contributed by atoms with Crippen molar-refractivity contribution < 1.29 is 24.2 Å². The molecule has 1 N–H and O–H groups in total. The van der Waals surface area contributed by atoms with Crippen LogP contribution in [0.4, 0.5) is 0 Å². The minimum absolute atomic E-state index is 0.0328. The van der Waals surface area contributed by atoms with Gasteiger partial charge in [0.15, 0.2) is 16.3 Å². The summed E-state index contributed by atoms with van der Waals surface area (Å²) < 4.78 is 10.7. The van der Waals surface area contributed by atoms with Crippen LogP contribution >= 0.6 is 22.9 Å². The van der Waals surface area contributed by atoms with Crippen molar-refractivity contribution in [2.75, 3.05) is 13.7 Å². The number of aromatic nitrogens is 3. The molecule has 0 saturated carbocycles. The van der Waals surface area contributed by atoms with E-state index in [0.717, 1.165) is 11.3 Å². The van der Waals surface area contributed by atoms with Gasteiger partial charge in [-0.1, -0.05) is 16.8 Å². The molecule has 0 unspecified atom stereocenters. The monoisotopic (exact) mass is 345 g/mol. The molecule has 22 heavy (non-hydrogen) atoms. The number of hydrogen-bond donors (Lipinski definition) is 1. The number of nitrogens with zero attached hydrogens (tertiary/aromatic N) is 3. The Balaban J connectivity index is 2.50. The molecular formula is C12H12ClN3O5S. The van der Waals surface area contributed by atoms with E-state index < -0.39 is 17.7 Å². The van der Waals surface area contributed by atoms with Gasteiger partial charge < -0.3 is 14.6 Å². The summed E-state index contributed by atoms with van der Waals surface area (Å²) in [7, 11) is 1.19. The lowest BCUT2D eigenvalue weighted by molar-refractivity contribution is 0.0517. The molecule has 0 radical (unpaired) electrons. The van der Waals surface area contributed by atoms with Crippen LogP contribution in [0, 0.1) is 6.92 Å². The summed E-state index contributed by atoms with van der Waals surface area (Å²) in [6, 6.07) is 0. The molecule has 10 heteroatoms. The quantitative estimate of drug-likeness (QED) is 0.844. The van der Waals surface area contributed by atoms with Gasteiger partial charge in [-0.15, -0.1) is 16.4 Å². The average Bonchev–Trinajstić information content (AvgIpc) is 3.00. The summed E-state index contributed by atoms with van der Waals surface area (Å²) >= 11 is 6.90. The molecule has 0 aliphatic carbocycles. The fourth-order valence-corrected chi connectivity index (χ4v) is 3.02. The highest BCUT2D eigenvalue weighted by molar-refractivity contribution is 7.17. The van der Waals surface area contributed by atoms with Gasteiger partial charge in [0.2, 0.25) is 0 Å². The van der Waals surface area contributed by atoms with Gasteiger partial charge in [-0.25, -0.2) is 14.3 Å². The van der Waals surface area contributed by atoms with Crippen LogP contribution in [0.5, 0.6) is 5.75 Å². The first-order valence-corrected chi connectivity index (χ1v) is 7.31. The number of carbonyl (C=O) groups is 2. The van der Waals surface area contributed by atoms with Crippen molar-refractivity contribution in [1.29, 1.82) is 0 Å². The Morgan fingerprint density at radius 3 is 2.68 bits per heavy atom. The largest absolute Gasteiger partial charge is 0.505 e. The highest BCUT2D eigenvalue weighted by Gasteiger charge is 2.26. The maximum atomic E-state index is 11.7. The molecule has 2 heterocycles. The van der Waals surface area contributed by atoms with E-state index in [2.05, 4.69) is 15.0 Å². The Kier molecular flexibility index (Phi) is 4.67. The molecule has 2 rings (SSSR count). The molecule has 2 aromatic rings. The topological polar surface area (TPSA) is 104 Å². The van der Waals surface area contributed by atoms with Crippen molar-refractivity contribution in [2.45, 2.75) is 13.8 Å². The van der Waals surface area contributed by atoms with E-state index in [1.165, 1.54) is 11.8 Å². The number of rotatable bonds is 4. The fraction of sp³-hybridized carbons (Fsp3) is 0.333. The number of ether oxygens (including phenoxy) is 2. The number of esters is 2. The van der Waals surface area contributed by atoms with Crippen molar-refractivity contribution in [3.8, 4) is 10.8 Å². The molecule has 0 aliphatic heterocycles. The number of carbonyl (C=O) groups excluding carboxylic acids is 2. The van der Waals surface area contributed by atoms with Gasteiger partial charge >= 0.3 is 11.9 Å². The third kappa shape index (κ3) is 2.64. The molecule has 0 aromatic carbocycles. The predicted molar refractivity (Wildman–Crippen MR) is 77.9 cm³/mol. The van der Waals surface area contributed by atoms with Crippen LogP contribution in [0.1, 0.15) is 32.8 Å². The van der Waals surface area contributed by atoms with E-state index in [4.69, 9.17) is 16.3 Å². The molecular weight excluding hydrogens is 334 g/mol. The van der Waals surface area contributed by atoms with E-state index >= 15 is 0 Å². The minimum atomic E-state index is -0.723. The van der Waals surface area contributed by atoms with Crippen molar-refractivity contribution in [2.24, 2.45) is 0 Å². The van der Waals surface area contributed by atoms with Crippen LogP contribution in [0.25, 0.3) is 5.00 Å². The van der Waals surface area contributed by atoms with Crippen molar-refractivity contribution in [3.63, 3.8) is 0 Å². The minimum Gasteiger partial charge on any atom is -0.505 e. The van der Waals surface area contributed by atoms with Crippen LogP contribution in [0.2, 0.25) is 5.02 Å². The number of thiophene rings is 1. The Hall–Kier alpha value is -2.13. The lowest BCUT2D eigenvalue weighted by atomic mass is 10.3. The average molecular weight is 346 g/mol. The summed E-state index contributed by atoms with van der Waals surface area (Å²) in [6.07, 6.45) is 0. The fourth-order valence-electron chi connectivity index (χ4n) is 1.67. The normalized spacial score (nSPS) is 10.5. The van der Waals surface area contributed by atoms with Crippen LogP contribution in [0.15, 0.2) is 0 Å². The molecule has 118 valence electrons. The first kappa shape index (κ1) is 16.2. The third-order valence-corrected chi connectivity index (χ3v) is 4.34. The van der Waals surface area contributed by atoms with Gasteiger partial charge in [-0.2, -0.15) is 0 Å². The lowest BCUT2D eigenvalue weighted by Gasteiger charge is -2.01. The second kappa shape index (κ2) is 6.32. The molecule has 0 atom stereocenters. The summed E-state index contributed by atoms with van der Waals surface area (Å²) in [5.74, 6) is -1.74. The Bertz CT molecular complexity index is 739. The van der Waals surface area contributed by atoms with Gasteiger partial charge in [-0.3, -0.25) is 0 Å². The predicted octanol–water partition coefficient (Wildman–Crippen LogP) is 1.96. The maximum absolute atomic E-state index is 11.7. The van der Waals surface area contributed by atoms with Gasteiger partial charge in [0, 0.05) is 0 Å². The van der Waals surface area contributed by atoms with E-state index in [-0.39, 0.29) is 27.2 Å². The van der Waals surface area contributed by atoms with Crippen molar-refractivity contribution in [3.05, 3.63) is 21.3 Å². The number of methoxy groups -OCH3 is 1. The molecule has 8 nitrogen and oxygen atoms in total. The number of halogens is 1. The highest BCUT2D eigenvalue weighted by Crippen LogP contribution is 2.41. The zero-order valence-corrected chi connectivity index (χ0v) is 13.5. The molecule has 0 bridgehead atoms. The van der Waals surface area contributed by atoms with Crippen LogP contribution in [-0.4, -0.2) is 45.8 Å². The lowest BCUT2D eigenvalue weighted by Crippen LogP contribution is -2.07. The highest BCUT2D eigenvalue weighted by atomic mass is 35.5. The molecule has 2 aromatic heterocycles. The molecule has 0 aliphatic rings. The van der Waals surface area contributed by atoms with Crippen molar-refractivity contribution in [1.82, 2.24) is 15.0 Å². The summed E-state index contributed by atoms with van der Waals surface area (Å²) in [6.45, 7) is 3.48. The molecule has 0 spiro atoms. The molecule has 0 fully saturated rings. The second-order valence-corrected chi connectivity index (χ2v) is 5.42. The Morgan fingerprint density at radius 1 is 1.41 bits per heavy atom. The Labute approximate surface area is 134 Å². The zero-order chi connectivity index (χ0) is 16.4. The van der Waals surface area contributed by atoms with E-state index in [0.29, 0.717) is 5.69 Å². The van der Waals surface area contributed by atoms with Crippen LogP contribution in [0.3, 0.4) is 0 Å². The standard InChI is InChI=1S/C12H12ClN3O5S/c1-4-21-11(18)7-5(2)16(15-14-7)10-6(13)8(17)9(22-10)12(19)20-3/h17H,4H2,1-3H3. The van der Waals surface area contributed by atoms with E-state index in [9.17, 15) is 14.7 Å². The van der Waals surface area contributed by atoms with Gasteiger partial charge in [-0.05, 0) is 13.8 Å². The van der Waals surface area contributed by atoms with Gasteiger partial charge in [0.1, 0.15) is 10.0 Å². The molecule has 0 saturated heterocycles. The zero-order valence-electron chi connectivity index (χ0n) is 11.9. The third-order valence-electron chi connectivity index (χ3n) is 2.74. The van der Waals surface area contributed by atoms with Crippen molar-refractivity contribution >= 4 is 34.9 Å². The van der Waals surface area contributed by atoms with Gasteiger partial charge in [0.05, 0.1) is 19.4 Å². The SMILES string of the molecule is CCOC(=O)c1nnn(-c2sc(C(=O)OC)c(O)c2Cl)c1C. The second-order valence-electron chi connectivity index (χ2n) is 4.05. The van der Waals surface area contributed by atoms with Gasteiger partial charge in [0.25, 0.3) is 0 Å². The number of aromatic hydroxyl groups is 1. The van der Waals surface area contributed by atoms with E-state index in [1.807, 2.05) is 0 Å².